The highest BCUT2D eigenvalue weighted by molar-refractivity contribution is 5.86. The van der Waals surface area contributed by atoms with Crippen LogP contribution in [0.1, 0.15) is 42.9 Å². The number of anilines is 3. The maximum absolute atomic E-state index is 6.23. The van der Waals surface area contributed by atoms with E-state index in [0.717, 1.165) is 35.0 Å². The van der Waals surface area contributed by atoms with Crippen LogP contribution in [0, 0.1) is 13.8 Å². The smallest absolute Gasteiger partial charge is 0.151 e. The van der Waals surface area contributed by atoms with E-state index in [2.05, 4.69) is 93.3 Å². The standard InChI is InChI=1S/C24H25NO/c1-5-18(4)19-8-10-20(11-9-19)25-21-12-6-16(2)14-23(21)26-24-15-17(3)7-13-22(24)25/h6-15,18H,5H2,1-4H3. The van der Waals surface area contributed by atoms with Crippen molar-refractivity contribution >= 4 is 17.1 Å². The number of nitrogens with zero attached hydrogens (tertiary/aromatic N) is 1. The second kappa shape index (κ2) is 6.53. The Kier molecular flexibility index (Phi) is 4.20. The summed E-state index contributed by atoms with van der Waals surface area (Å²) in [6.07, 6.45) is 1.15. The lowest BCUT2D eigenvalue weighted by Gasteiger charge is -2.33. The number of benzene rings is 3. The van der Waals surface area contributed by atoms with Crippen LogP contribution in [0.15, 0.2) is 60.7 Å². The molecule has 3 aromatic rings. The molecule has 4 rings (SSSR count). The molecule has 0 saturated heterocycles. The summed E-state index contributed by atoms with van der Waals surface area (Å²) >= 11 is 0. The van der Waals surface area contributed by atoms with Gasteiger partial charge in [-0.25, -0.2) is 0 Å². The summed E-state index contributed by atoms with van der Waals surface area (Å²) in [6.45, 7) is 8.71. The van der Waals surface area contributed by atoms with Crippen LogP contribution in [0.4, 0.5) is 17.1 Å². The maximum atomic E-state index is 6.23. The molecule has 0 aromatic heterocycles. The average molecular weight is 343 g/mol. The highest BCUT2D eigenvalue weighted by Crippen LogP contribution is 2.50. The predicted molar refractivity (Wildman–Crippen MR) is 109 cm³/mol. The third-order valence-electron chi connectivity index (χ3n) is 5.27. The van der Waals surface area contributed by atoms with E-state index < -0.39 is 0 Å². The van der Waals surface area contributed by atoms with Crippen molar-refractivity contribution in [2.75, 3.05) is 4.90 Å². The van der Waals surface area contributed by atoms with E-state index in [9.17, 15) is 0 Å². The van der Waals surface area contributed by atoms with Crippen molar-refractivity contribution < 1.29 is 4.74 Å². The molecule has 1 heterocycles. The Morgan fingerprint density at radius 3 is 1.85 bits per heavy atom. The Balaban J connectivity index is 1.85. The van der Waals surface area contributed by atoms with Crippen molar-refractivity contribution in [3.05, 3.63) is 77.4 Å². The first-order valence-electron chi connectivity index (χ1n) is 9.36. The minimum absolute atomic E-state index is 0.582. The Bertz CT molecular complexity index is 891. The van der Waals surface area contributed by atoms with Gasteiger partial charge in [0.25, 0.3) is 0 Å². The molecule has 1 unspecified atom stereocenters. The molecule has 0 radical (unpaired) electrons. The molecule has 0 N–H and O–H groups in total. The summed E-state index contributed by atoms with van der Waals surface area (Å²) in [6, 6.07) is 21.7. The van der Waals surface area contributed by atoms with Gasteiger partial charge in [-0.2, -0.15) is 0 Å². The van der Waals surface area contributed by atoms with Gasteiger partial charge in [-0.15, -0.1) is 0 Å². The zero-order valence-electron chi connectivity index (χ0n) is 15.9. The Labute approximate surface area is 156 Å². The predicted octanol–water partition coefficient (Wildman–Crippen LogP) is 7.39. The maximum Gasteiger partial charge on any atom is 0.151 e. The molecule has 0 spiro atoms. The molecule has 132 valence electrons. The van der Waals surface area contributed by atoms with E-state index in [-0.39, 0.29) is 0 Å². The largest absolute Gasteiger partial charge is 0.453 e. The Hall–Kier alpha value is -2.74. The molecule has 3 aromatic carbocycles. The molecule has 2 nitrogen and oxygen atoms in total. The lowest BCUT2D eigenvalue weighted by atomic mass is 9.98. The molecule has 26 heavy (non-hydrogen) atoms. The zero-order valence-corrected chi connectivity index (χ0v) is 15.9. The van der Waals surface area contributed by atoms with Crippen LogP contribution in [0.25, 0.3) is 0 Å². The number of aryl methyl sites for hydroxylation is 2. The molecule has 2 heteroatoms. The van der Waals surface area contributed by atoms with E-state index in [4.69, 9.17) is 4.74 Å². The van der Waals surface area contributed by atoms with Crippen molar-refractivity contribution in [2.45, 2.75) is 40.0 Å². The van der Waals surface area contributed by atoms with Crippen LogP contribution in [-0.2, 0) is 0 Å². The van der Waals surface area contributed by atoms with Gasteiger partial charge in [0.2, 0.25) is 0 Å². The molecule has 0 bridgehead atoms. The topological polar surface area (TPSA) is 12.5 Å². The molecule has 0 aliphatic carbocycles. The molecule has 1 atom stereocenters. The monoisotopic (exact) mass is 343 g/mol. The van der Waals surface area contributed by atoms with Gasteiger partial charge in [-0.3, -0.25) is 0 Å². The summed E-state index contributed by atoms with van der Waals surface area (Å²) in [4.78, 5) is 2.30. The van der Waals surface area contributed by atoms with Gasteiger partial charge in [0.05, 0.1) is 11.4 Å². The molecule has 1 aliphatic heterocycles. The molecule has 0 fully saturated rings. The lowest BCUT2D eigenvalue weighted by molar-refractivity contribution is 0.476. The van der Waals surface area contributed by atoms with E-state index in [1.165, 1.54) is 16.7 Å². The summed E-state index contributed by atoms with van der Waals surface area (Å²) in [7, 11) is 0. The summed E-state index contributed by atoms with van der Waals surface area (Å²) in [5, 5.41) is 0. The Morgan fingerprint density at radius 1 is 0.808 bits per heavy atom. The van der Waals surface area contributed by atoms with Crippen molar-refractivity contribution in [1.82, 2.24) is 0 Å². The second-order valence-electron chi connectivity index (χ2n) is 7.28. The van der Waals surface area contributed by atoms with Gasteiger partial charge < -0.3 is 9.64 Å². The van der Waals surface area contributed by atoms with E-state index in [0.29, 0.717) is 5.92 Å². The molecular formula is C24H25NO. The van der Waals surface area contributed by atoms with Gasteiger partial charge in [-0.05, 0) is 79.3 Å². The van der Waals surface area contributed by atoms with Crippen molar-refractivity contribution in [1.29, 1.82) is 0 Å². The van der Waals surface area contributed by atoms with Gasteiger partial charge in [0.15, 0.2) is 11.5 Å². The van der Waals surface area contributed by atoms with Gasteiger partial charge in [0.1, 0.15) is 0 Å². The van der Waals surface area contributed by atoms with E-state index in [1.807, 2.05) is 0 Å². The number of rotatable bonds is 3. The quantitative estimate of drug-likeness (QED) is 0.384. The highest BCUT2D eigenvalue weighted by atomic mass is 16.5. The van der Waals surface area contributed by atoms with Crippen molar-refractivity contribution in [3.8, 4) is 11.5 Å². The van der Waals surface area contributed by atoms with Gasteiger partial charge in [-0.1, -0.05) is 38.1 Å². The van der Waals surface area contributed by atoms with Gasteiger partial charge >= 0.3 is 0 Å². The number of fused-ring (bicyclic) bond motifs is 2. The first-order chi connectivity index (χ1) is 12.6. The lowest BCUT2D eigenvalue weighted by Crippen LogP contribution is -2.16. The van der Waals surface area contributed by atoms with E-state index in [1.54, 1.807) is 0 Å². The van der Waals surface area contributed by atoms with Crippen LogP contribution in [0.5, 0.6) is 11.5 Å². The van der Waals surface area contributed by atoms with Crippen molar-refractivity contribution in [3.63, 3.8) is 0 Å². The fourth-order valence-electron chi connectivity index (χ4n) is 3.49. The van der Waals surface area contributed by atoms with Crippen LogP contribution in [0.3, 0.4) is 0 Å². The third kappa shape index (κ3) is 2.86. The van der Waals surface area contributed by atoms with Crippen molar-refractivity contribution in [2.24, 2.45) is 0 Å². The summed E-state index contributed by atoms with van der Waals surface area (Å²) in [5.74, 6) is 2.40. The minimum atomic E-state index is 0.582. The van der Waals surface area contributed by atoms with Crippen LogP contribution < -0.4 is 9.64 Å². The molecular weight excluding hydrogens is 318 g/mol. The van der Waals surface area contributed by atoms with Crippen LogP contribution in [-0.4, -0.2) is 0 Å². The number of ether oxygens (including phenoxy) is 1. The molecule has 0 amide bonds. The number of hydrogen-bond acceptors (Lipinski definition) is 2. The fourth-order valence-corrected chi connectivity index (χ4v) is 3.49. The Morgan fingerprint density at radius 2 is 1.35 bits per heavy atom. The van der Waals surface area contributed by atoms with Crippen LogP contribution in [0.2, 0.25) is 0 Å². The number of hydrogen-bond donors (Lipinski definition) is 0. The first kappa shape index (κ1) is 16.7. The average Bonchev–Trinajstić information content (AvgIpc) is 2.65. The summed E-state index contributed by atoms with van der Waals surface area (Å²) < 4.78 is 6.23. The SMILES string of the molecule is CCC(C)c1ccc(N2c3ccc(C)cc3Oc3cc(C)ccc32)cc1. The minimum Gasteiger partial charge on any atom is -0.453 e. The summed E-state index contributed by atoms with van der Waals surface area (Å²) in [5.41, 5.74) is 7.12. The van der Waals surface area contributed by atoms with Gasteiger partial charge in [0, 0.05) is 5.69 Å². The molecule has 1 aliphatic rings. The second-order valence-corrected chi connectivity index (χ2v) is 7.28. The highest BCUT2D eigenvalue weighted by Gasteiger charge is 2.26. The zero-order chi connectivity index (χ0) is 18.3. The normalized spacial score (nSPS) is 13.6. The van der Waals surface area contributed by atoms with Crippen LogP contribution >= 0.6 is 0 Å². The third-order valence-corrected chi connectivity index (χ3v) is 5.27. The molecule has 0 saturated carbocycles. The fraction of sp³-hybridized carbons (Fsp3) is 0.250. The first-order valence-corrected chi connectivity index (χ1v) is 9.36. The van der Waals surface area contributed by atoms with E-state index >= 15 is 0 Å².